The second-order valence-electron chi connectivity index (χ2n) is 8.57. The lowest BCUT2D eigenvalue weighted by molar-refractivity contribution is -0.151. The maximum Gasteiger partial charge on any atom is 0.311 e. The Morgan fingerprint density at radius 1 is 1.14 bits per heavy atom. The number of aromatic nitrogens is 1. The lowest BCUT2D eigenvalue weighted by atomic mass is 9.99. The van der Waals surface area contributed by atoms with E-state index in [4.69, 9.17) is 37.2 Å². The molecule has 8 nitrogen and oxygen atoms in total. The average Bonchev–Trinajstić information content (AvgIpc) is 3.29. The molecule has 0 spiro atoms. The summed E-state index contributed by atoms with van der Waals surface area (Å²) in [6, 6.07) is 12.2. The molecular weight excluding hydrogens is 493 g/mol. The number of esters is 1. The molecule has 2 aromatic carbocycles. The lowest BCUT2D eigenvalue weighted by Gasteiger charge is -2.37. The van der Waals surface area contributed by atoms with Crippen molar-refractivity contribution in [2.45, 2.75) is 26.5 Å². The zero-order valence-electron chi connectivity index (χ0n) is 19.5. The first-order valence-electron chi connectivity index (χ1n) is 11.1. The molecular formula is C25H25Cl2N3O5. The van der Waals surface area contributed by atoms with E-state index in [2.05, 4.69) is 15.4 Å². The largest absolute Gasteiger partial charge is 0.489 e. The van der Waals surface area contributed by atoms with Gasteiger partial charge in [-0.2, -0.15) is 0 Å². The third kappa shape index (κ3) is 5.96. The van der Waals surface area contributed by atoms with Crippen LogP contribution in [0.25, 0.3) is 11.3 Å². The van der Waals surface area contributed by atoms with Crippen LogP contribution in [0.3, 0.4) is 0 Å². The molecule has 0 saturated carbocycles. The number of methoxy groups -OCH3 is 1. The number of carbonyl (C=O) groups excluding carboxylic acids is 2. The molecule has 1 aliphatic heterocycles. The summed E-state index contributed by atoms with van der Waals surface area (Å²) < 4.78 is 15.7. The molecule has 2 heterocycles. The number of benzene rings is 2. The highest BCUT2D eigenvalue weighted by Gasteiger charge is 2.33. The molecule has 0 unspecified atom stereocenters. The van der Waals surface area contributed by atoms with Crippen LogP contribution in [0.1, 0.15) is 29.9 Å². The van der Waals surface area contributed by atoms with Gasteiger partial charge in [-0.15, -0.1) is 0 Å². The monoisotopic (exact) mass is 517 g/mol. The molecule has 184 valence electrons. The zero-order valence-corrected chi connectivity index (χ0v) is 21.0. The third-order valence-electron chi connectivity index (χ3n) is 5.50. The standard InChI is InChI=1S/C25H25Cl2N3O5/c1-14(2)34-22-7-5-16(9-19(22)27)23-10-21(29-35-23)24(31)28-20-6-4-15(8-18(20)26)11-30-12-17(13-30)25(32)33-3/h4-10,14,17H,11-13H2,1-3H3,(H,28,31). The molecule has 1 aliphatic rings. The Morgan fingerprint density at radius 3 is 2.57 bits per heavy atom. The number of anilines is 1. The van der Waals surface area contributed by atoms with Gasteiger partial charge in [-0.3, -0.25) is 14.5 Å². The minimum Gasteiger partial charge on any atom is -0.489 e. The van der Waals surface area contributed by atoms with Crippen molar-refractivity contribution in [1.82, 2.24) is 10.1 Å². The number of hydrogen-bond acceptors (Lipinski definition) is 7. The first-order chi connectivity index (χ1) is 16.7. The SMILES string of the molecule is COC(=O)C1CN(Cc2ccc(NC(=O)c3cc(-c4ccc(OC(C)C)c(Cl)c4)on3)c(Cl)c2)C1. The van der Waals surface area contributed by atoms with Crippen LogP contribution in [0.5, 0.6) is 5.75 Å². The summed E-state index contributed by atoms with van der Waals surface area (Å²) in [4.78, 5) is 26.4. The summed E-state index contributed by atoms with van der Waals surface area (Å²) >= 11 is 12.7. The van der Waals surface area contributed by atoms with E-state index in [1.807, 2.05) is 19.9 Å². The first kappa shape index (κ1) is 25.0. The first-order valence-corrected chi connectivity index (χ1v) is 11.8. The average molecular weight is 518 g/mol. The Balaban J connectivity index is 1.37. The molecule has 1 aromatic heterocycles. The van der Waals surface area contributed by atoms with E-state index in [1.54, 1.807) is 30.3 Å². The highest BCUT2D eigenvalue weighted by molar-refractivity contribution is 6.34. The van der Waals surface area contributed by atoms with E-state index in [0.717, 1.165) is 5.56 Å². The summed E-state index contributed by atoms with van der Waals surface area (Å²) in [7, 11) is 1.40. The second kappa shape index (κ2) is 10.7. The molecule has 4 rings (SSSR count). The van der Waals surface area contributed by atoms with Crippen molar-refractivity contribution in [2.24, 2.45) is 5.92 Å². The highest BCUT2D eigenvalue weighted by Crippen LogP contribution is 2.32. The van der Waals surface area contributed by atoms with Crippen LogP contribution in [0.4, 0.5) is 5.69 Å². The van der Waals surface area contributed by atoms with Gasteiger partial charge in [-0.25, -0.2) is 0 Å². The molecule has 1 saturated heterocycles. The third-order valence-corrected chi connectivity index (χ3v) is 6.11. The fraction of sp³-hybridized carbons (Fsp3) is 0.320. The molecule has 0 aliphatic carbocycles. The van der Waals surface area contributed by atoms with E-state index in [9.17, 15) is 9.59 Å². The molecule has 1 fully saturated rings. The Morgan fingerprint density at radius 2 is 1.91 bits per heavy atom. The number of nitrogens with zero attached hydrogens (tertiary/aromatic N) is 2. The van der Waals surface area contributed by atoms with Crippen LogP contribution in [0.2, 0.25) is 10.0 Å². The van der Waals surface area contributed by atoms with Crippen molar-refractivity contribution < 1.29 is 23.6 Å². The Labute approximate surface area is 213 Å². The van der Waals surface area contributed by atoms with Gasteiger partial charge in [0.1, 0.15) is 5.75 Å². The molecule has 1 N–H and O–H groups in total. The topological polar surface area (TPSA) is 93.9 Å². The summed E-state index contributed by atoms with van der Waals surface area (Å²) in [6.07, 6.45) is -0.00513. The summed E-state index contributed by atoms with van der Waals surface area (Å²) in [5, 5.41) is 7.47. The van der Waals surface area contributed by atoms with Crippen LogP contribution in [0, 0.1) is 5.92 Å². The van der Waals surface area contributed by atoms with Gasteiger partial charge in [0.05, 0.1) is 34.9 Å². The maximum absolute atomic E-state index is 12.7. The Hall–Kier alpha value is -3.07. The van der Waals surface area contributed by atoms with Gasteiger partial charge in [-0.05, 0) is 49.7 Å². The van der Waals surface area contributed by atoms with Gasteiger partial charge >= 0.3 is 5.97 Å². The van der Waals surface area contributed by atoms with E-state index >= 15 is 0 Å². The number of hydrogen-bond donors (Lipinski definition) is 1. The fourth-order valence-corrected chi connectivity index (χ4v) is 4.21. The number of halogens is 2. The van der Waals surface area contributed by atoms with E-state index in [-0.39, 0.29) is 23.7 Å². The lowest BCUT2D eigenvalue weighted by Crippen LogP contribution is -2.49. The summed E-state index contributed by atoms with van der Waals surface area (Å²) in [6.45, 7) is 5.78. The van der Waals surface area contributed by atoms with Gasteiger partial charge < -0.3 is 19.3 Å². The quantitative estimate of drug-likeness (QED) is 0.405. The van der Waals surface area contributed by atoms with Crippen LogP contribution < -0.4 is 10.1 Å². The van der Waals surface area contributed by atoms with Gasteiger partial charge in [0.15, 0.2) is 11.5 Å². The van der Waals surface area contributed by atoms with Crippen LogP contribution in [-0.4, -0.2) is 48.2 Å². The van der Waals surface area contributed by atoms with Gasteiger partial charge in [0.25, 0.3) is 5.91 Å². The molecule has 0 atom stereocenters. The van der Waals surface area contributed by atoms with Crippen molar-refractivity contribution >= 4 is 40.8 Å². The normalized spacial score (nSPS) is 14.0. The fourth-order valence-electron chi connectivity index (χ4n) is 3.74. The Kier molecular flexibility index (Phi) is 7.64. The van der Waals surface area contributed by atoms with Crippen molar-refractivity contribution in [1.29, 1.82) is 0 Å². The van der Waals surface area contributed by atoms with Crippen molar-refractivity contribution in [2.75, 3.05) is 25.5 Å². The predicted molar refractivity (Wildman–Crippen MR) is 133 cm³/mol. The number of ether oxygens (including phenoxy) is 2. The molecule has 3 aromatic rings. The van der Waals surface area contributed by atoms with Gasteiger partial charge in [0, 0.05) is 31.3 Å². The molecule has 1 amide bonds. The zero-order chi connectivity index (χ0) is 25.1. The molecule has 0 bridgehead atoms. The van der Waals surface area contributed by atoms with Crippen LogP contribution in [0.15, 0.2) is 47.0 Å². The highest BCUT2D eigenvalue weighted by atomic mass is 35.5. The minimum atomic E-state index is -0.454. The van der Waals surface area contributed by atoms with E-state index in [0.29, 0.717) is 52.4 Å². The second-order valence-corrected chi connectivity index (χ2v) is 9.39. The molecule has 0 radical (unpaired) electrons. The maximum atomic E-state index is 12.7. The smallest absolute Gasteiger partial charge is 0.311 e. The van der Waals surface area contributed by atoms with Gasteiger partial charge in [0.2, 0.25) is 0 Å². The number of carbonyl (C=O) groups is 2. The van der Waals surface area contributed by atoms with Gasteiger partial charge in [-0.1, -0.05) is 34.4 Å². The number of rotatable bonds is 8. The van der Waals surface area contributed by atoms with Crippen LogP contribution in [-0.2, 0) is 16.1 Å². The Bertz CT molecular complexity index is 1240. The number of amides is 1. The number of nitrogens with one attached hydrogen (secondary N) is 1. The van der Waals surface area contributed by atoms with Crippen molar-refractivity contribution in [3.8, 4) is 17.1 Å². The van der Waals surface area contributed by atoms with E-state index < -0.39 is 5.91 Å². The predicted octanol–water partition coefficient (Wildman–Crippen LogP) is 5.29. The minimum absolute atomic E-state index is 0.00513. The summed E-state index contributed by atoms with van der Waals surface area (Å²) in [5.74, 6) is 0.245. The molecule has 10 heteroatoms. The molecule has 35 heavy (non-hydrogen) atoms. The number of likely N-dealkylation sites (tertiary alicyclic amines) is 1. The van der Waals surface area contributed by atoms with Crippen LogP contribution >= 0.6 is 23.2 Å². The summed E-state index contributed by atoms with van der Waals surface area (Å²) in [5.41, 5.74) is 2.20. The van der Waals surface area contributed by atoms with Crippen molar-refractivity contribution in [3.05, 3.63) is 63.8 Å². The van der Waals surface area contributed by atoms with E-state index in [1.165, 1.54) is 13.2 Å². The van der Waals surface area contributed by atoms with Crippen molar-refractivity contribution in [3.63, 3.8) is 0 Å².